The zero-order chi connectivity index (χ0) is 9.80. The van der Waals surface area contributed by atoms with E-state index in [1.807, 2.05) is 0 Å². The summed E-state index contributed by atoms with van der Waals surface area (Å²) in [6.07, 6.45) is 9.42. The Hall–Kier alpha value is -0.310. The normalized spacial score (nSPS) is 23.9. The maximum absolute atomic E-state index is 5.41. The Morgan fingerprint density at radius 3 is 2.14 bits per heavy atom. The van der Waals surface area contributed by atoms with Gasteiger partial charge in [-0.15, -0.1) is 0 Å². The Morgan fingerprint density at radius 2 is 1.57 bits per heavy atom. The van der Waals surface area contributed by atoms with Crippen LogP contribution in [-0.2, 0) is 0 Å². The van der Waals surface area contributed by atoms with Crippen molar-refractivity contribution in [3.05, 3.63) is 0 Å². The zero-order valence-electron chi connectivity index (χ0n) is 8.80. The van der Waals surface area contributed by atoms with Crippen molar-refractivity contribution in [3.8, 4) is 0 Å². The molecule has 2 aliphatic rings. The van der Waals surface area contributed by atoms with Gasteiger partial charge in [-0.25, -0.2) is 0 Å². The predicted molar refractivity (Wildman–Crippen MR) is 63.4 cm³/mol. The molecule has 3 heteroatoms. The highest BCUT2D eigenvalue weighted by molar-refractivity contribution is 7.80. The fraction of sp³-hybridized carbons (Fsp3) is 0.909. The molecule has 80 valence electrons. The third-order valence-corrected chi connectivity index (χ3v) is 3.42. The van der Waals surface area contributed by atoms with Crippen LogP contribution in [0.15, 0.2) is 0 Å². The van der Waals surface area contributed by atoms with Crippen LogP contribution in [0.2, 0.25) is 0 Å². The summed E-state index contributed by atoms with van der Waals surface area (Å²) >= 11 is 5.41. The number of hydrogen-bond acceptors (Lipinski definition) is 1. The first-order valence-corrected chi connectivity index (χ1v) is 6.32. The number of nitrogens with one attached hydrogen (secondary N) is 1. The van der Waals surface area contributed by atoms with Crippen molar-refractivity contribution in [2.24, 2.45) is 0 Å². The molecule has 0 bridgehead atoms. The third kappa shape index (κ3) is 3.12. The average Bonchev–Trinajstić information content (AvgIpc) is 2.86. The molecule has 0 aromatic heterocycles. The van der Waals surface area contributed by atoms with Gasteiger partial charge in [0.25, 0.3) is 0 Å². The lowest BCUT2D eigenvalue weighted by atomic mass is 10.1. The Balaban J connectivity index is 1.76. The van der Waals surface area contributed by atoms with Gasteiger partial charge in [0.15, 0.2) is 5.11 Å². The molecule has 0 atom stereocenters. The van der Waals surface area contributed by atoms with Crippen LogP contribution in [0.5, 0.6) is 0 Å². The Labute approximate surface area is 92.0 Å². The second-order valence-corrected chi connectivity index (χ2v) is 4.87. The van der Waals surface area contributed by atoms with Crippen LogP contribution in [-0.4, -0.2) is 29.1 Å². The first-order valence-electron chi connectivity index (χ1n) is 5.92. The van der Waals surface area contributed by atoms with E-state index in [1.54, 1.807) is 0 Å². The van der Waals surface area contributed by atoms with Gasteiger partial charge in [0, 0.05) is 19.1 Å². The minimum Gasteiger partial charge on any atom is -0.360 e. The van der Waals surface area contributed by atoms with Crippen LogP contribution >= 0.6 is 12.2 Å². The van der Waals surface area contributed by atoms with E-state index in [0.717, 1.165) is 5.11 Å². The molecule has 0 aromatic rings. The molecule has 1 saturated heterocycles. The fourth-order valence-electron chi connectivity index (χ4n) is 1.94. The number of hydrogen-bond donors (Lipinski definition) is 1. The fourth-order valence-corrected chi connectivity index (χ4v) is 2.29. The van der Waals surface area contributed by atoms with Crippen molar-refractivity contribution in [2.45, 2.75) is 51.0 Å². The van der Waals surface area contributed by atoms with Crippen molar-refractivity contribution in [1.29, 1.82) is 0 Å². The van der Waals surface area contributed by atoms with Gasteiger partial charge in [-0.1, -0.05) is 19.3 Å². The molecule has 0 radical (unpaired) electrons. The predicted octanol–water partition coefficient (Wildman–Crippen LogP) is 2.29. The van der Waals surface area contributed by atoms with E-state index in [2.05, 4.69) is 10.2 Å². The van der Waals surface area contributed by atoms with E-state index in [1.165, 1.54) is 58.0 Å². The van der Waals surface area contributed by atoms with Gasteiger partial charge in [-0.2, -0.15) is 0 Å². The van der Waals surface area contributed by atoms with Gasteiger partial charge >= 0.3 is 0 Å². The SMILES string of the molecule is S=C(NC1CC1)N1CCCCCCC1. The molecule has 0 amide bonds. The summed E-state index contributed by atoms with van der Waals surface area (Å²) < 4.78 is 0. The summed E-state index contributed by atoms with van der Waals surface area (Å²) in [6, 6.07) is 0.702. The van der Waals surface area contributed by atoms with E-state index >= 15 is 0 Å². The van der Waals surface area contributed by atoms with E-state index in [9.17, 15) is 0 Å². The topological polar surface area (TPSA) is 15.3 Å². The van der Waals surface area contributed by atoms with Crippen LogP contribution in [0.1, 0.15) is 44.9 Å². The van der Waals surface area contributed by atoms with Gasteiger partial charge in [0.1, 0.15) is 0 Å². The molecule has 0 aromatic carbocycles. The summed E-state index contributed by atoms with van der Waals surface area (Å²) in [7, 11) is 0. The number of nitrogens with zero attached hydrogens (tertiary/aromatic N) is 1. The van der Waals surface area contributed by atoms with Crippen molar-refractivity contribution >= 4 is 17.3 Å². The maximum atomic E-state index is 5.41. The highest BCUT2D eigenvalue weighted by Gasteiger charge is 2.23. The minimum atomic E-state index is 0.702. The van der Waals surface area contributed by atoms with E-state index in [-0.39, 0.29) is 0 Å². The first kappa shape index (κ1) is 10.2. The Morgan fingerprint density at radius 1 is 1.00 bits per heavy atom. The highest BCUT2D eigenvalue weighted by atomic mass is 32.1. The Bertz CT molecular complexity index is 193. The monoisotopic (exact) mass is 212 g/mol. The second kappa shape index (κ2) is 4.96. The molecular weight excluding hydrogens is 192 g/mol. The summed E-state index contributed by atoms with van der Waals surface area (Å²) in [5.41, 5.74) is 0. The minimum absolute atomic E-state index is 0.702. The highest BCUT2D eigenvalue weighted by Crippen LogP contribution is 2.19. The van der Waals surface area contributed by atoms with Gasteiger partial charge < -0.3 is 10.2 Å². The molecule has 1 aliphatic carbocycles. The van der Waals surface area contributed by atoms with Crippen LogP contribution in [0.4, 0.5) is 0 Å². The maximum Gasteiger partial charge on any atom is 0.169 e. The van der Waals surface area contributed by atoms with Crippen molar-refractivity contribution in [2.75, 3.05) is 13.1 Å². The average molecular weight is 212 g/mol. The first-order chi connectivity index (χ1) is 6.86. The number of thiocarbonyl (C=S) groups is 1. The summed E-state index contributed by atoms with van der Waals surface area (Å²) in [5, 5.41) is 4.44. The molecule has 14 heavy (non-hydrogen) atoms. The van der Waals surface area contributed by atoms with Crippen LogP contribution in [0.25, 0.3) is 0 Å². The zero-order valence-corrected chi connectivity index (χ0v) is 9.61. The lowest BCUT2D eigenvalue weighted by Crippen LogP contribution is -2.42. The molecule has 1 aliphatic heterocycles. The largest absolute Gasteiger partial charge is 0.360 e. The molecule has 1 saturated carbocycles. The molecule has 2 nitrogen and oxygen atoms in total. The summed E-state index contributed by atoms with van der Waals surface area (Å²) in [6.45, 7) is 2.33. The molecule has 2 fully saturated rings. The van der Waals surface area contributed by atoms with Crippen molar-refractivity contribution < 1.29 is 0 Å². The Kier molecular flexibility index (Phi) is 3.62. The lowest BCUT2D eigenvalue weighted by molar-refractivity contribution is 0.357. The molecule has 1 heterocycles. The van der Waals surface area contributed by atoms with Crippen LogP contribution in [0, 0.1) is 0 Å². The molecule has 2 rings (SSSR count). The lowest BCUT2D eigenvalue weighted by Gasteiger charge is -2.27. The van der Waals surface area contributed by atoms with Gasteiger partial charge in [0.05, 0.1) is 0 Å². The van der Waals surface area contributed by atoms with Crippen LogP contribution < -0.4 is 5.32 Å². The second-order valence-electron chi connectivity index (χ2n) is 4.48. The smallest absolute Gasteiger partial charge is 0.169 e. The quantitative estimate of drug-likeness (QED) is 0.671. The van der Waals surface area contributed by atoms with E-state index < -0.39 is 0 Å². The molecule has 0 spiro atoms. The van der Waals surface area contributed by atoms with E-state index in [0.29, 0.717) is 6.04 Å². The van der Waals surface area contributed by atoms with E-state index in [4.69, 9.17) is 12.2 Å². The molecule has 1 N–H and O–H groups in total. The third-order valence-electron chi connectivity index (χ3n) is 3.05. The van der Waals surface area contributed by atoms with Crippen LogP contribution in [0.3, 0.4) is 0 Å². The summed E-state index contributed by atoms with van der Waals surface area (Å²) in [4.78, 5) is 2.37. The van der Waals surface area contributed by atoms with Crippen molar-refractivity contribution in [3.63, 3.8) is 0 Å². The number of likely N-dealkylation sites (tertiary alicyclic amines) is 1. The van der Waals surface area contributed by atoms with Gasteiger partial charge in [-0.05, 0) is 37.9 Å². The molecule has 0 unspecified atom stereocenters. The number of rotatable bonds is 1. The molecular formula is C11H20N2S. The summed E-state index contributed by atoms with van der Waals surface area (Å²) in [5.74, 6) is 0. The van der Waals surface area contributed by atoms with Gasteiger partial charge in [-0.3, -0.25) is 0 Å². The van der Waals surface area contributed by atoms with Crippen molar-refractivity contribution in [1.82, 2.24) is 10.2 Å². The van der Waals surface area contributed by atoms with Gasteiger partial charge in [0.2, 0.25) is 0 Å². The standard InChI is InChI=1S/C11H20N2S/c14-11(12-10-6-7-10)13-8-4-2-1-3-5-9-13/h10H,1-9H2,(H,12,14).